The lowest BCUT2D eigenvalue weighted by Gasteiger charge is -2.31. The van der Waals surface area contributed by atoms with Crippen LogP contribution in [0.3, 0.4) is 0 Å². The average molecular weight is 417 g/mol. The highest BCUT2D eigenvalue weighted by atomic mass is 32.1. The van der Waals surface area contributed by atoms with Gasteiger partial charge in [0, 0.05) is 29.9 Å². The number of hydrogen-bond acceptors (Lipinski definition) is 4. The van der Waals surface area contributed by atoms with Crippen molar-refractivity contribution in [1.82, 2.24) is 9.88 Å². The number of pyridine rings is 1. The number of nitrogens with zero attached hydrogens (tertiary/aromatic N) is 2. The largest absolute Gasteiger partial charge is 0.497 e. The first-order valence-corrected chi connectivity index (χ1v) is 11.2. The Morgan fingerprint density at radius 2 is 1.87 bits per heavy atom. The van der Waals surface area contributed by atoms with Gasteiger partial charge in [0.1, 0.15) is 10.6 Å². The van der Waals surface area contributed by atoms with Gasteiger partial charge in [0.2, 0.25) is 0 Å². The number of amides is 1. The Bertz CT molecular complexity index is 1190. The topological polar surface area (TPSA) is 42.4 Å². The summed E-state index contributed by atoms with van der Waals surface area (Å²) in [6.07, 6.45) is 3.23. The number of carbonyl (C=O) groups excluding carboxylic acids is 1. The molecule has 0 unspecified atom stereocenters. The molecule has 0 bridgehead atoms. The predicted molar refractivity (Wildman–Crippen MR) is 122 cm³/mol. The lowest BCUT2D eigenvalue weighted by atomic mass is 9.90. The number of carbonyl (C=O) groups is 1. The molecule has 0 N–H and O–H groups in total. The van der Waals surface area contributed by atoms with Crippen LogP contribution in [0, 0.1) is 5.92 Å². The number of fused-ring (bicyclic) bond motifs is 2. The third-order valence-electron chi connectivity index (χ3n) is 5.99. The molecule has 5 heteroatoms. The average Bonchev–Trinajstić information content (AvgIpc) is 3.20. The van der Waals surface area contributed by atoms with E-state index in [-0.39, 0.29) is 5.91 Å². The zero-order valence-corrected chi connectivity index (χ0v) is 17.8. The highest BCUT2D eigenvalue weighted by Crippen LogP contribution is 2.31. The number of rotatable bonds is 4. The summed E-state index contributed by atoms with van der Waals surface area (Å²) in [4.78, 5) is 21.6. The van der Waals surface area contributed by atoms with E-state index in [2.05, 4.69) is 36.4 Å². The summed E-state index contributed by atoms with van der Waals surface area (Å²) in [5.41, 5.74) is 2.28. The fraction of sp³-hybridized carbons (Fsp3) is 0.280. The van der Waals surface area contributed by atoms with Crippen LogP contribution < -0.4 is 4.74 Å². The Morgan fingerprint density at radius 1 is 1.07 bits per heavy atom. The molecule has 1 aliphatic heterocycles. The van der Waals surface area contributed by atoms with Crippen LogP contribution in [0.1, 0.15) is 28.1 Å². The lowest BCUT2D eigenvalue weighted by Crippen LogP contribution is -2.38. The molecule has 0 aliphatic carbocycles. The SMILES string of the molecule is COc1ccc2cc3cc(C(=O)N4CCC(Cc5ccccc5)CC4)sc3nc2c1. The summed E-state index contributed by atoms with van der Waals surface area (Å²) in [5, 5.41) is 2.09. The molecule has 4 aromatic rings. The Kier molecular flexibility index (Phi) is 5.13. The van der Waals surface area contributed by atoms with Crippen molar-refractivity contribution in [3.05, 3.63) is 71.1 Å². The van der Waals surface area contributed by atoms with E-state index in [0.29, 0.717) is 5.92 Å². The number of methoxy groups -OCH3 is 1. The second-order valence-corrected chi connectivity index (χ2v) is 9.01. The van der Waals surface area contributed by atoms with Crippen molar-refractivity contribution in [2.24, 2.45) is 5.92 Å². The van der Waals surface area contributed by atoms with Gasteiger partial charge in [-0.05, 0) is 55.0 Å². The van der Waals surface area contributed by atoms with Gasteiger partial charge in [0.15, 0.2) is 0 Å². The number of likely N-dealkylation sites (tertiary alicyclic amines) is 1. The van der Waals surface area contributed by atoms with Crippen LogP contribution in [-0.2, 0) is 6.42 Å². The van der Waals surface area contributed by atoms with E-state index in [1.807, 2.05) is 29.2 Å². The fourth-order valence-electron chi connectivity index (χ4n) is 4.28. The molecule has 1 saturated heterocycles. The van der Waals surface area contributed by atoms with Gasteiger partial charge in [-0.15, -0.1) is 11.3 Å². The molecule has 0 saturated carbocycles. The minimum absolute atomic E-state index is 0.137. The number of benzene rings is 2. The van der Waals surface area contributed by atoms with E-state index in [9.17, 15) is 4.79 Å². The Hall–Kier alpha value is -2.92. The lowest BCUT2D eigenvalue weighted by molar-refractivity contribution is 0.0695. The van der Waals surface area contributed by atoms with E-state index >= 15 is 0 Å². The normalized spacial score (nSPS) is 15.0. The molecule has 5 rings (SSSR count). The minimum atomic E-state index is 0.137. The van der Waals surface area contributed by atoms with Crippen LogP contribution in [0.15, 0.2) is 60.7 Å². The molecule has 3 heterocycles. The molecule has 1 fully saturated rings. The summed E-state index contributed by atoms with van der Waals surface area (Å²) in [5.74, 6) is 1.58. The van der Waals surface area contributed by atoms with E-state index < -0.39 is 0 Å². The zero-order chi connectivity index (χ0) is 20.5. The first-order valence-electron chi connectivity index (χ1n) is 10.4. The maximum absolute atomic E-state index is 13.1. The molecule has 4 nitrogen and oxygen atoms in total. The maximum atomic E-state index is 13.1. The first kappa shape index (κ1) is 19.1. The highest BCUT2D eigenvalue weighted by Gasteiger charge is 2.25. The Labute approximate surface area is 180 Å². The Morgan fingerprint density at radius 3 is 2.63 bits per heavy atom. The van der Waals surface area contributed by atoms with E-state index in [4.69, 9.17) is 9.72 Å². The van der Waals surface area contributed by atoms with E-state index in [1.54, 1.807) is 7.11 Å². The molecule has 0 spiro atoms. The van der Waals surface area contributed by atoms with E-state index in [0.717, 1.165) is 64.1 Å². The van der Waals surface area contributed by atoms with Gasteiger partial charge in [0.05, 0.1) is 17.5 Å². The van der Waals surface area contributed by atoms with E-state index in [1.165, 1.54) is 16.9 Å². The molecular weight excluding hydrogens is 392 g/mol. The van der Waals surface area contributed by atoms with Gasteiger partial charge >= 0.3 is 0 Å². The van der Waals surface area contributed by atoms with Crippen molar-refractivity contribution >= 4 is 38.4 Å². The molecule has 2 aromatic heterocycles. The summed E-state index contributed by atoms with van der Waals surface area (Å²) >= 11 is 1.49. The van der Waals surface area contributed by atoms with Crippen LogP contribution >= 0.6 is 11.3 Å². The smallest absolute Gasteiger partial charge is 0.264 e. The summed E-state index contributed by atoms with van der Waals surface area (Å²) in [6.45, 7) is 1.66. The van der Waals surface area contributed by atoms with Crippen molar-refractivity contribution in [3.8, 4) is 5.75 Å². The quantitative estimate of drug-likeness (QED) is 0.438. The Balaban J connectivity index is 1.30. The van der Waals surface area contributed by atoms with Crippen molar-refractivity contribution in [2.45, 2.75) is 19.3 Å². The molecule has 2 aromatic carbocycles. The van der Waals surface area contributed by atoms with Gasteiger partial charge in [0.25, 0.3) is 5.91 Å². The van der Waals surface area contributed by atoms with Crippen LogP contribution in [0.25, 0.3) is 21.1 Å². The third-order valence-corrected chi connectivity index (χ3v) is 7.02. The summed E-state index contributed by atoms with van der Waals surface area (Å²) < 4.78 is 5.31. The predicted octanol–water partition coefficient (Wildman–Crippen LogP) is 5.55. The first-order chi connectivity index (χ1) is 14.7. The number of ether oxygens (including phenoxy) is 1. The third kappa shape index (κ3) is 3.77. The number of aromatic nitrogens is 1. The molecule has 1 aliphatic rings. The van der Waals surface area contributed by atoms with Crippen molar-refractivity contribution in [1.29, 1.82) is 0 Å². The summed E-state index contributed by atoms with van der Waals surface area (Å²) in [6, 6.07) is 20.6. The highest BCUT2D eigenvalue weighted by molar-refractivity contribution is 7.20. The molecule has 1 amide bonds. The number of thiophene rings is 1. The second kappa shape index (κ2) is 8.07. The molecular formula is C25H24N2O2S. The second-order valence-electron chi connectivity index (χ2n) is 7.98. The number of piperidine rings is 1. The van der Waals surface area contributed by atoms with Crippen LogP contribution in [0.4, 0.5) is 0 Å². The molecule has 0 radical (unpaired) electrons. The fourth-order valence-corrected chi connectivity index (χ4v) is 5.27. The molecule has 0 atom stereocenters. The summed E-state index contributed by atoms with van der Waals surface area (Å²) in [7, 11) is 1.66. The number of hydrogen-bond donors (Lipinski definition) is 0. The van der Waals surface area contributed by atoms with Crippen LogP contribution in [0.2, 0.25) is 0 Å². The monoisotopic (exact) mass is 416 g/mol. The van der Waals surface area contributed by atoms with Gasteiger partial charge in [-0.25, -0.2) is 4.98 Å². The zero-order valence-electron chi connectivity index (χ0n) is 17.0. The van der Waals surface area contributed by atoms with Crippen molar-refractivity contribution < 1.29 is 9.53 Å². The van der Waals surface area contributed by atoms with Crippen molar-refractivity contribution in [2.75, 3.05) is 20.2 Å². The standard InChI is InChI=1S/C25H24N2O2S/c1-29-21-8-7-19-14-20-15-23(30-24(20)26-22(19)16-21)25(28)27-11-9-18(10-12-27)13-17-5-3-2-4-6-17/h2-8,14-16,18H,9-13H2,1H3. The molecule has 152 valence electrons. The minimum Gasteiger partial charge on any atom is -0.497 e. The van der Waals surface area contributed by atoms with Crippen molar-refractivity contribution in [3.63, 3.8) is 0 Å². The van der Waals surface area contributed by atoms with Crippen LogP contribution in [-0.4, -0.2) is 36.0 Å². The van der Waals surface area contributed by atoms with Gasteiger partial charge in [-0.1, -0.05) is 30.3 Å². The maximum Gasteiger partial charge on any atom is 0.264 e. The van der Waals surface area contributed by atoms with Gasteiger partial charge in [-0.2, -0.15) is 0 Å². The van der Waals surface area contributed by atoms with Crippen LogP contribution in [0.5, 0.6) is 5.75 Å². The van der Waals surface area contributed by atoms with Gasteiger partial charge in [-0.3, -0.25) is 4.79 Å². The van der Waals surface area contributed by atoms with Gasteiger partial charge < -0.3 is 9.64 Å². The molecule has 30 heavy (non-hydrogen) atoms.